The number of aryl methyl sites for hydroxylation is 1. The molecule has 0 saturated carbocycles. The Bertz CT molecular complexity index is 385. The van der Waals surface area contributed by atoms with Gasteiger partial charge in [-0.05, 0) is 19.8 Å². The molecule has 0 aliphatic carbocycles. The summed E-state index contributed by atoms with van der Waals surface area (Å²) in [6, 6.07) is 0.163. The molecular formula is C11H18Cl2N4O. The molecule has 0 radical (unpaired) electrons. The number of likely N-dealkylation sites (tertiary alicyclic amines) is 1. The lowest BCUT2D eigenvalue weighted by atomic mass is 10.2. The molecule has 0 aromatic carbocycles. The van der Waals surface area contributed by atoms with Crippen molar-refractivity contribution in [3.63, 3.8) is 0 Å². The van der Waals surface area contributed by atoms with Crippen molar-refractivity contribution >= 4 is 30.7 Å². The standard InChI is InChI=1S/C11H16N4O.2ClH/c1-8-6-14-10(7-13-8)11(16)15-4-2-3-9(15)5-12;;/h6-7,9H,2-5,12H2,1H3;2*1H. The van der Waals surface area contributed by atoms with Crippen LogP contribution in [0.2, 0.25) is 0 Å². The second-order valence-corrected chi connectivity index (χ2v) is 4.07. The maximum Gasteiger partial charge on any atom is 0.274 e. The quantitative estimate of drug-likeness (QED) is 0.889. The molecule has 1 saturated heterocycles. The molecule has 0 bridgehead atoms. The van der Waals surface area contributed by atoms with Crippen molar-refractivity contribution < 1.29 is 4.79 Å². The van der Waals surface area contributed by atoms with Crippen LogP contribution in [0.3, 0.4) is 0 Å². The largest absolute Gasteiger partial charge is 0.333 e. The maximum atomic E-state index is 12.1. The number of rotatable bonds is 2. The number of amides is 1. The van der Waals surface area contributed by atoms with Crippen LogP contribution in [0.5, 0.6) is 0 Å². The first kappa shape index (κ1) is 17.1. The number of carbonyl (C=O) groups excluding carboxylic acids is 1. The molecule has 7 heteroatoms. The lowest BCUT2D eigenvalue weighted by Crippen LogP contribution is -2.40. The molecule has 1 aliphatic heterocycles. The Hall–Kier alpha value is -0.910. The Balaban J connectivity index is 0.00000144. The van der Waals surface area contributed by atoms with Crippen LogP contribution in [0.4, 0.5) is 0 Å². The summed E-state index contributed by atoms with van der Waals surface area (Å²) in [5.41, 5.74) is 6.86. The van der Waals surface area contributed by atoms with Crippen LogP contribution in [-0.4, -0.2) is 39.9 Å². The summed E-state index contributed by atoms with van der Waals surface area (Å²) in [6.45, 7) is 3.14. The predicted octanol–water partition coefficient (Wildman–Crippen LogP) is 1.19. The summed E-state index contributed by atoms with van der Waals surface area (Å²) >= 11 is 0. The highest BCUT2D eigenvalue weighted by Crippen LogP contribution is 2.18. The molecule has 1 unspecified atom stereocenters. The molecule has 2 N–H and O–H groups in total. The number of halogens is 2. The number of aromatic nitrogens is 2. The fourth-order valence-corrected chi connectivity index (χ4v) is 2.00. The van der Waals surface area contributed by atoms with Crippen molar-refractivity contribution in [1.82, 2.24) is 14.9 Å². The van der Waals surface area contributed by atoms with Gasteiger partial charge in [-0.2, -0.15) is 0 Å². The van der Waals surface area contributed by atoms with E-state index in [0.717, 1.165) is 25.1 Å². The van der Waals surface area contributed by atoms with Crippen LogP contribution in [-0.2, 0) is 0 Å². The van der Waals surface area contributed by atoms with Gasteiger partial charge in [-0.25, -0.2) is 4.98 Å². The zero-order valence-corrected chi connectivity index (χ0v) is 11.8. The van der Waals surface area contributed by atoms with E-state index in [2.05, 4.69) is 9.97 Å². The van der Waals surface area contributed by atoms with Gasteiger partial charge in [0.1, 0.15) is 5.69 Å². The maximum absolute atomic E-state index is 12.1. The number of hydrogen-bond donors (Lipinski definition) is 1. The zero-order chi connectivity index (χ0) is 11.5. The van der Waals surface area contributed by atoms with E-state index >= 15 is 0 Å². The van der Waals surface area contributed by atoms with Crippen molar-refractivity contribution in [3.8, 4) is 0 Å². The number of nitrogens with zero attached hydrogens (tertiary/aromatic N) is 3. The average molecular weight is 293 g/mol. The second kappa shape index (κ2) is 7.51. The first-order valence-electron chi connectivity index (χ1n) is 5.52. The SMILES string of the molecule is Cc1cnc(C(=O)N2CCCC2CN)cn1.Cl.Cl. The monoisotopic (exact) mass is 292 g/mol. The minimum atomic E-state index is -0.0551. The molecule has 2 rings (SSSR count). The van der Waals surface area contributed by atoms with Crippen molar-refractivity contribution in [2.24, 2.45) is 5.73 Å². The second-order valence-electron chi connectivity index (χ2n) is 4.07. The normalized spacial score (nSPS) is 17.9. The van der Waals surface area contributed by atoms with Crippen LogP contribution < -0.4 is 5.73 Å². The number of nitrogens with two attached hydrogens (primary N) is 1. The van der Waals surface area contributed by atoms with Gasteiger partial charge in [-0.1, -0.05) is 0 Å². The van der Waals surface area contributed by atoms with Gasteiger partial charge in [0.05, 0.1) is 11.9 Å². The smallest absolute Gasteiger partial charge is 0.274 e. The van der Waals surface area contributed by atoms with Gasteiger partial charge in [0.2, 0.25) is 0 Å². The third kappa shape index (κ3) is 3.54. The summed E-state index contributed by atoms with van der Waals surface area (Å²) in [5.74, 6) is -0.0551. The van der Waals surface area contributed by atoms with Gasteiger partial charge >= 0.3 is 0 Å². The van der Waals surface area contributed by atoms with Crippen LogP contribution in [0.25, 0.3) is 0 Å². The Morgan fingerprint density at radius 3 is 2.72 bits per heavy atom. The highest BCUT2D eigenvalue weighted by Gasteiger charge is 2.28. The van der Waals surface area contributed by atoms with Crippen molar-refractivity contribution in [3.05, 3.63) is 23.8 Å². The third-order valence-corrected chi connectivity index (χ3v) is 2.91. The van der Waals surface area contributed by atoms with E-state index in [0.29, 0.717) is 12.2 Å². The van der Waals surface area contributed by atoms with Gasteiger partial charge < -0.3 is 10.6 Å². The van der Waals surface area contributed by atoms with E-state index < -0.39 is 0 Å². The fourth-order valence-electron chi connectivity index (χ4n) is 2.00. The molecule has 1 fully saturated rings. The molecule has 18 heavy (non-hydrogen) atoms. The van der Waals surface area contributed by atoms with E-state index in [-0.39, 0.29) is 36.8 Å². The highest BCUT2D eigenvalue weighted by atomic mass is 35.5. The van der Waals surface area contributed by atoms with Gasteiger partial charge in [0, 0.05) is 25.3 Å². The van der Waals surface area contributed by atoms with E-state index in [1.54, 1.807) is 11.1 Å². The Labute approximate surface area is 119 Å². The Morgan fingerprint density at radius 1 is 1.44 bits per heavy atom. The first-order valence-corrected chi connectivity index (χ1v) is 5.52. The molecule has 5 nitrogen and oxygen atoms in total. The van der Waals surface area contributed by atoms with E-state index in [4.69, 9.17) is 5.73 Å². The molecule has 1 atom stereocenters. The fraction of sp³-hybridized carbons (Fsp3) is 0.545. The zero-order valence-electron chi connectivity index (χ0n) is 10.2. The lowest BCUT2D eigenvalue weighted by Gasteiger charge is -2.22. The van der Waals surface area contributed by atoms with E-state index in [1.165, 1.54) is 6.20 Å². The topological polar surface area (TPSA) is 72.1 Å². The minimum Gasteiger partial charge on any atom is -0.333 e. The van der Waals surface area contributed by atoms with Crippen molar-refractivity contribution in [2.75, 3.05) is 13.1 Å². The van der Waals surface area contributed by atoms with Crippen molar-refractivity contribution in [1.29, 1.82) is 0 Å². The average Bonchev–Trinajstić information content (AvgIpc) is 2.77. The Kier molecular flexibility index (Phi) is 7.13. The summed E-state index contributed by atoms with van der Waals surface area (Å²) < 4.78 is 0. The van der Waals surface area contributed by atoms with Gasteiger partial charge in [0.15, 0.2) is 0 Å². The predicted molar refractivity (Wildman–Crippen MR) is 74.4 cm³/mol. The van der Waals surface area contributed by atoms with Crippen LogP contribution in [0, 0.1) is 6.92 Å². The highest BCUT2D eigenvalue weighted by molar-refractivity contribution is 5.92. The molecule has 2 heterocycles. The minimum absolute atomic E-state index is 0. The molecule has 1 aliphatic rings. The summed E-state index contributed by atoms with van der Waals surface area (Å²) in [4.78, 5) is 22.1. The van der Waals surface area contributed by atoms with Gasteiger partial charge in [-0.3, -0.25) is 9.78 Å². The van der Waals surface area contributed by atoms with Gasteiger partial charge in [0.25, 0.3) is 5.91 Å². The van der Waals surface area contributed by atoms with Crippen LogP contribution in [0.1, 0.15) is 29.0 Å². The third-order valence-electron chi connectivity index (χ3n) is 2.91. The van der Waals surface area contributed by atoms with E-state index in [1.807, 2.05) is 6.92 Å². The van der Waals surface area contributed by atoms with Crippen LogP contribution >= 0.6 is 24.8 Å². The molecular weight excluding hydrogens is 275 g/mol. The Morgan fingerprint density at radius 2 is 2.17 bits per heavy atom. The van der Waals surface area contributed by atoms with Gasteiger partial charge in [-0.15, -0.1) is 24.8 Å². The first-order chi connectivity index (χ1) is 7.72. The number of hydrogen-bond acceptors (Lipinski definition) is 4. The molecule has 1 aromatic heterocycles. The lowest BCUT2D eigenvalue weighted by molar-refractivity contribution is 0.0734. The molecule has 1 aromatic rings. The number of carbonyl (C=O) groups is 1. The summed E-state index contributed by atoms with van der Waals surface area (Å²) in [6.07, 6.45) is 5.15. The summed E-state index contributed by atoms with van der Waals surface area (Å²) in [7, 11) is 0. The summed E-state index contributed by atoms with van der Waals surface area (Å²) in [5, 5.41) is 0. The molecule has 1 amide bonds. The van der Waals surface area contributed by atoms with Crippen LogP contribution in [0.15, 0.2) is 12.4 Å². The molecule has 0 spiro atoms. The van der Waals surface area contributed by atoms with E-state index in [9.17, 15) is 4.79 Å². The molecule has 102 valence electrons. The van der Waals surface area contributed by atoms with Crippen molar-refractivity contribution in [2.45, 2.75) is 25.8 Å².